The summed E-state index contributed by atoms with van der Waals surface area (Å²) in [4.78, 5) is 13.0. The minimum Gasteiger partial charge on any atom is -0.396 e. The molecule has 1 unspecified atom stereocenters. The number of hydrogen-bond acceptors (Lipinski definition) is 3. The lowest BCUT2D eigenvalue weighted by atomic mass is 9.95. The number of rotatable bonds is 4. The van der Waals surface area contributed by atoms with Crippen molar-refractivity contribution in [1.29, 1.82) is 0 Å². The Kier molecular flexibility index (Phi) is 4.61. The van der Waals surface area contributed by atoms with Gasteiger partial charge in [-0.3, -0.25) is 4.79 Å². The third kappa shape index (κ3) is 3.03. The van der Waals surface area contributed by atoms with Crippen LogP contribution in [0.1, 0.15) is 29.6 Å². The normalized spacial score (nSPS) is 19.9. The molecule has 0 amide bonds. The number of aliphatic hydroxyl groups excluding tert-OH is 1. The van der Waals surface area contributed by atoms with E-state index < -0.39 is 0 Å². The van der Waals surface area contributed by atoms with Crippen LogP contribution < -0.4 is 4.90 Å². The molecule has 3 nitrogen and oxygen atoms in total. The van der Waals surface area contributed by atoms with Crippen LogP contribution in [-0.4, -0.2) is 31.1 Å². The second-order valence-electron chi connectivity index (χ2n) is 4.79. The molecule has 1 fully saturated rings. The van der Waals surface area contributed by atoms with E-state index in [4.69, 9.17) is 16.7 Å². The SMILES string of the molecule is O=Cc1ccc(N2CCCC(CCO)C2)cc1Cl. The monoisotopic (exact) mass is 267 g/mol. The largest absolute Gasteiger partial charge is 0.396 e. The summed E-state index contributed by atoms with van der Waals surface area (Å²) in [6.07, 6.45) is 3.95. The van der Waals surface area contributed by atoms with Gasteiger partial charge in [-0.1, -0.05) is 11.6 Å². The zero-order valence-corrected chi connectivity index (χ0v) is 11.1. The van der Waals surface area contributed by atoms with Crippen LogP contribution in [0, 0.1) is 5.92 Å². The van der Waals surface area contributed by atoms with Crippen LogP contribution in [0.4, 0.5) is 5.69 Å². The summed E-state index contributed by atoms with van der Waals surface area (Å²) in [5, 5.41) is 9.52. The Morgan fingerprint density at radius 3 is 3.00 bits per heavy atom. The highest BCUT2D eigenvalue weighted by molar-refractivity contribution is 6.33. The summed E-state index contributed by atoms with van der Waals surface area (Å²) in [6, 6.07) is 5.56. The standard InChI is InChI=1S/C14H18ClNO2/c15-14-8-13(4-3-12(14)10-18)16-6-1-2-11(9-16)5-7-17/h3-4,8,10-11,17H,1-2,5-7,9H2. The van der Waals surface area contributed by atoms with Gasteiger partial charge in [0, 0.05) is 30.9 Å². The van der Waals surface area contributed by atoms with Crippen molar-refractivity contribution in [1.82, 2.24) is 0 Å². The maximum absolute atomic E-state index is 10.7. The Labute approximate surface area is 112 Å². The van der Waals surface area contributed by atoms with Crippen molar-refractivity contribution >= 4 is 23.6 Å². The quantitative estimate of drug-likeness (QED) is 0.853. The molecule has 0 saturated carbocycles. The average Bonchev–Trinajstić information content (AvgIpc) is 2.39. The fourth-order valence-electron chi connectivity index (χ4n) is 2.53. The minimum atomic E-state index is 0.253. The summed E-state index contributed by atoms with van der Waals surface area (Å²) in [5.41, 5.74) is 1.59. The Balaban J connectivity index is 2.10. The molecule has 1 N–H and O–H groups in total. The number of piperidine rings is 1. The van der Waals surface area contributed by atoms with E-state index >= 15 is 0 Å². The van der Waals surface area contributed by atoms with Gasteiger partial charge in [-0.15, -0.1) is 0 Å². The molecule has 1 aliphatic heterocycles. The Hall–Kier alpha value is -1.06. The van der Waals surface area contributed by atoms with Gasteiger partial charge in [0.2, 0.25) is 0 Å². The van der Waals surface area contributed by atoms with Crippen LogP contribution in [0.25, 0.3) is 0 Å². The van der Waals surface area contributed by atoms with Crippen LogP contribution in [-0.2, 0) is 0 Å². The number of anilines is 1. The van der Waals surface area contributed by atoms with E-state index in [1.807, 2.05) is 12.1 Å². The summed E-state index contributed by atoms with van der Waals surface area (Å²) < 4.78 is 0. The van der Waals surface area contributed by atoms with Crippen molar-refractivity contribution in [2.45, 2.75) is 19.3 Å². The predicted octanol–water partition coefficient (Wildman–Crippen LogP) is 2.75. The molecule has 1 aromatic carbocycles. The molecular weight excluding hydrogens is 250 g/mol. The van der Waals surface area contributed by atoms with Gasteiger partial charge in [0.25, 0.3) is 0 Å². The fraction of sp³-hybridized carbons (Fsp3) is 0.500. The second-order valence-corrected chi connectivity index (χ2v) is 5.20. The number of hydrogen-bond donors (Lipinski definition) is 1. The molecule has 0 radical (unpaired) electrons. The van der Waals surface area contributed by atoms with E-state index in [0.29, 0.717) is 16.5 Å². The van der Waals surface area contributed by atoms with Crippen molar-refractivity contribution in [3.63, 3.8) is 0 Å². The first kappa shape index (κ1) is 13.4. The highest BCUT2D eigenvalue weighted by Gasteiger charge is 2.20. The molecule has 0 spiro atoms. The molecule has 1 aliphatic rings. The number of aliphatic hydroxyl groups is 1. The molecule has 4 heteroatoms. The molecule has 0 aromatic heterocycles. The van der Waals surface area contributed by atoms with Crippen molar-refractivity contribution in [2.75, 3.05) is 24.6 Å². The Bertz CT molecular complexity index is 420. The van der Waals surface area contributed by atoms with Crippen molar-refractivity contribution in [2.24, 2.45) is 5.92 Å². The van der Waals surface area contributed by atoms with Crippen LogP contribution in [0.3, 0.4) is 0 Å². The van der Waals surface area contributed by atoms with E-state index in [1.165, 1.54) is 6.42 Å². The van der Waals surface area contributed by atoms with Gasteiger partial charge < -0.3 is 10.0 Å². The molecule has 1 heterocycles. The van der Waals surface area contributed by atoms with Crippen molar-refractivity contribution in [3.8, 4) is 0 Å². The highest BCUT2D eigenvalue weighted by Crippen LogP contribution is 2.28. The third-order valence-corrected chi connectivity index (χ3v) is 3.86. The van der Waals surface area contributed by atoms with Gasteiger partial charge in [0.05, 0.1) is 5.02 Å². The molecule has 0 bridgehead atoms. The van der Waals surface area contributed by atoms with Gasteiger partial charge in [-0.25, -0.2) is 0 Å². The molecular formula is C14H18ClNO2. The summed E-state index contributed by atoms with van der Waals surface area (Å²) in [5.74, 6) is 0.549. The fourth-order valence-corrected chi connectivity index (χ4v) is 2.75. The molecule has 1 saturated heterocycles. The van der Waals surface area contributed by atoms with E-state index in [1.54, 1.807) is 6.07 Å². The first-order valence-corrected chi connectivity index (χ1v) is 6.73. The maximum atomic E-state index is 10.7. The van der Waals surface area contributed by atoms with E-state index in [0.717, 1.165) is 37.9 Å². The Morgan fingerprint density at radius 2 is 2.33 bits per heavy atom. The number of halogens is 1. The van der Waals surface area contributed by atoms with Gasteiger partial charge in [-0.2, -0.15) is 0 Å². The first-order valence-electron chi connectivity index (χ1n) is 6.35. The molecule has 1 aromatic rings. The van der Waals surface area contributed by atoms with Crippen LogP contribution in [0.2, 0.25) is 5.02 Å². The van der Waals surface area contributed by atoms with Crippen molar-refractivity contribution < 1.29 is 9.90 Å². The molecule has 0 aliphatic carbocycles. The number of nitrogens with zero attached hydrogens (tertiary/aromatic N) is 1. The maximum Gasteiger partial charge on any atom is 0.151 e. The number of carbonyl (C=O) groups excluding carboxylic acids is 1. The van der Waals surface area contributed by atoms with E-state index in [9.17, 15) is 4.79 Å². The second kappa shape index (κ2) is 6.21. The predicted molar refractivity (Wildman–Crippen MR) is 73.5 cm³/mol. The topological polar surface area (TPSA) is 40.5 Å². The summed E-state index contributed by atoms with van der Waals surface area (Å²) in [6.45, 7) is 2.22. The molecule has 18 heavy (non-hydrogen) atoms. The Morgan fingerprint density at radius 1 is 1.50 bits per heavy atom. The zero-order valence-electron chi connectivity index (χ0n) is 10.3. The molecule has 98 valence electrons. The average molecular weight is 268 g/mol. The third-order valence-electron chi connectivity index (χ3n) is 3.53. The summed E-state index contributed by atoms with van der Waals surface area (Å²) >= 11 is 6.05. The minimum absolute atomic E-state index is 0.253. The lowest BCUT2D eigenvalue weighted by molar-refractivity contribution is 0.112. The number of benzene rings is 1. The van der Waals surface area contributed by atoms with E-state index in [-0.39, 0.29) is 6.61 Å². The van der Waals surface area contributed by atoms with Gasteiger partial charge in [0.15, 0.2) is 6.29 Å². The van der Waals surface area contributed by atoms with Gasteiger partial charge in [-0.05, 0) is 43.4 Å². The zero-order chi connectivity index (χ0) is 13.0. The van der Waals surface area contributed by atoms with Crippen LogP contribution in [0.15, 0.2) is 18.2 Å². The number of aldehydes is 1. The lowest BCUT2D eigenvalue weighted by Crippen LogP contribution is -2.35. The van der Waals surface area contributed by atoms with Gasteiger partial charge >= 0.3 is 0 Å². The van der Waals surface area contributed by atoms with Gasteiger partial charge in [0.1, 0.15) is 0 Å². The summed E-state index contributed by atoms with van der Waals surface area (Å²) in [7, 11) is 0. The number of carbonyl (C=O) groups is 1. The van der Waals surface area contributed by atoms with Crippen LogP contribution in [0.5, 0.6) is 0 Å². The molecule has 1 atom stereocenters. The molecule has 2 rings (SSSR count). The highest BCUT2D eigenvalue weighted by atomic mass is 35.5. The van der Waals surface area contributed by atoms with E-state index in [2.05, 4.69) is 4.90 Å². The lowest BCUT2D eigenvalue weighted by Gasteiger charge is -2.34. The first-order chi connectivity index (χ1) is 8.74. The van der Waals surface area contributed by atoms with Crippen LogP contribution >= 0.6 is 11.6 Å². The smallest absolute Gasteiger partial charge is 0.151 e. The van der Waals surface area contributed by atoms with Crippen molar-refractivity contribution in [3.05, 3.63) is 28.8 Å².